The molecule has 0 fully saturated rings. The number of rotatable bonds is 5. The van der Waals surface area contributed by atoms with E-state index in [0.29, 0.717) is 12.2 Å². The lowest BCUT2D eigenvalue weighted by Gasteiger charge is -2.22. The van der Waals surface area contributed by atoms with Gasteiger partial charge in [0.25, 0.3) is 0 Å². The van der Waals surface area contributed by atoms with Gasteiger partial charge in [-0.25, -0.2) is 0 Å². The molecule has 0 aliphatic carbocycles. The Balaban J connectivity index is 2.63. The fraction of sp³-hybridized carbons (Fsp3) is 0.333. The number of carbonyl (C=O) groups excluding carboxylic acids is 1. The average molecular weight is 232 g/mol. The Kier molecular flexibility index (Phi) is 4.82. The van der Waals surface area contributed by atoms with Crippen LogP contribution in [0, 0.1) is 11.3 Å². The predicted molar refractivity (Wildman–Crippen MR) is 67.4 cm³/mol. The van der Waals surface area contributed by atoms with E-state index in [1.165, 1.54) is 0 Å². The highest BCUT2D eigenvalue weighted by molar-refractivity contribution is 5.81. The zero-order chi connectivity index (χ0) is 12.7. The molecule has 0 bridgehead atoms. The SMILES string of the molecule is CCN(CC(=O)NCC#N)c1ccc(N)cc1. The van der Waals surface area contributed by atoms with Gasteiger partial charge >= 0.3 is 0 Å². The van der Waals surface area contributed by atoms with Crippen LogP contribution in [0.4, 0.5) is 11.4 Å². The number of nitrogens with two attached hydrogens (primary N) is 1. The van der Waals surface area contributed by atoms with Gasteiger partial charge in [-0.3, -0.25) is 4.79 Å². The van der Waals surface area contributed by atoms with Gasteiger partial charge in [-0.2, -0.15) is 5.26 Å². The molecule has 0 atom stereocenters. The minimum Gasteiger partial charge on any atom is -0.399 e. The largest absolute Gasteiger partial charge is 0.399 e. The lowest BCUT2D eigenvalue weighted by Crippen LogP contribution is -2.37. The second-order valence-electron chi connectivity index (χ2n) is 3.54. The zero-order valence-electron chi connectivity index (χ0n) is 9.81. The molecule has 0 aliphatic heterocycles. The third-order valence-electron chi connectivity index (χ3n) is 2.34. The van der Waals surface area contributed by atoms with Crippen LogP contribution in [-0.4, -0.2) is 25.5 Å². The maximum Gasteiger partial charge on any atom is 0.240 e. The number of amides is 1. The van der Waals surface area contributed by atoms with E-state index in [1.54, 1.807) is 12.1 Å². The first-order valence-electron chi connectivity index (χ1n) is 5.41. The molecule has 1 amide bonds. The quantitative estimate of drug-likeness (QED) is 0.579. The summed E-state index contributed by atoms with van der Waals surface area (Å²) in [4.78, 5) is 13.4. The highest BCUT2D eigenvalue weighted by atomic mass is 16.2. The van der Waals surface area contributed by atoms with E-state index < -0.39 is 0 Å². The third kappa shape index (κ3) is 4.03. The van der Waals surface area contributed by atoms with Crippen molar-refractivity contribution in [3.63, 3.8) is 0 Å². The van der Waals surface area contributed by atoms with Crippen LogP contribution in [0.25, 0.3) is 0 Å². The smallest absolute Gasteiger partial charge is 0.240 e. The number of nitrogen functional groups attached to an aromatic ring is 1. The van der Waals surface area contributed by atoms with E-state index in [1.807, 2.05) is 30.0 Å². The zero-order valence-corrected chi connectivity index (χ0v) is 9.81. The van der Waals surface area contributed by atoms with Gasteiger partial charge in [-0.15, -0.1) is 0 Å². The number of hydrogen-bond donors (Lipinski definition) is 2. The van der Waals surface area contributed by atoms with Crippen molar-refractivity contribution in [1.82, 2.24) is 5.32 Å². The standard InChI is InChI=1S/C12H16N4O/c1-2-16(9-12(17)15-8-7-13)11-5-3-10(14)4-6-11/h3-6H,2,8-9,14H2,1H3,(H,15,17). The molecule has 1 rings (SSSR count). The van der Waals surface area contributed by atoms with Crippen LogP contribution >= 0.6 is 0 Å². The Morgan fingerprint density at radius 1 is 1.47 bits per heavy atom. The Bertz CT molecular complexity index is 408. The molecule has 0 unspecified atom stereocenters. The third-order valence-corrected chi connectivity index (χ3v) is 2.34. The van der Waals surface area contributed by atoms with E-state index in [4.69, 9.17) is 11.0 Å². The molecule has 0 saturated heterocycles. The van der Waals surface area contributed by atoms with Crippen LogP contribution in [0.5, 0.6) is 0 Å². The Labute approximate surface area is 101 Å². The van der Waals surface area contributed by atoms with E-state index >= 15 is 0 Å². The van der Waals surface area contributed by atoms with Crippen molar-refractivity contribution in [1.29, 1.82) is 5.26 Å². The van der Waals surface area contributed by atoms with E-state index in [-0.39, 0.29) is 19.0 Å². The van der Waals surface area contributed by atoms with Crippen molar-refractivity contribution in [2.24, 2.45) is 0 Å². The van der Waals surface area contributed by atoms with Crippen molar-refractivity contribution >= 4 is 17.3 Å². The highest BCUT2D eigenvalue weighted by Crippen LogP contribution is 2.15. The number of hydrogen-bond acceptors (Lipinski definition) is 4. The number of carbonyl (C=O) groups is 1. The molecule has 5 nitrogen and oxygen atoms in total. The van der Waals surface area contributed by atoms with Crippen molar-refractivity contribution in [2.45, 2.75) is 6.92 Å². The summed E-state index contributed by atoms with van der Waals surface area (Å²) in [6, 6.07) is 9.21. The van der Waals surface area contributed by atoms with Gasteiger partial charge in [0.15, 0.2) is 0 Å². The van der Waals surface area contributed by atoms with Crippen LogP contribution in [0.15, 0.2) is 24.3 Å². The fourth-order valence-electron chi connectivity index (χ4n) is 1.44. The second-order valence-corrected chi connectivity index (χ2v) is 3.54. The lowest BCUT2D eigenvalue weighted by atomic mass is 10.2. The Morgan fingerprint density at radius 3 is 2.65 bits per heavy atom. The maximum atomic E-state index is 11.5. The number of anilines is 2. The summed E-state index contributed by atoms with van der Waals surface area (Å²) in [6.45, 7) is 2.96. The summed E-state index contributed by atoms with van der Waals surface area (Å²) in [5, 5.41) is 10.9. The Hall–Kier alpha value is -2.22. The van der Waals surface area contributed by atoms with Gasteiger partial charge < -0.3 is 16.0 Å². The molecule has 17 heavy (non-hydrogen) atoms. The summed E-state index contributed by atoms with van der Waals surface area (Å²) in [7, 11) is 0. The predicted octanol–water partition coefficient (Wildman–Crippen LogP) is 0.735. The van der Waals surface area contributed by atoms with Gasteiger partial charge in [-0.05, 0) is 31.2 Å². The first-order valence-corrected chi connectivity index (χ1v) is 5.41. The van der Waals surface area contributed by atoms with Crippen LogP contribution < -0.4 is 16.0 Å². The molecule has 0 aromatic heterocycles. The normalized spacial score (nSPS) is 9.41. The molecular weight excluding hydrogens is 216 g/mol. The molecule has 0 saturated carbocycles. The van der Waals surface area contributed by atoms with Crippen molar-refractivity contribution in [3.05, 3.63) is 24.3 Å². The van der Waals surface area contributed by atoms with E-state index in [9.17, 15) is 4.79 Å². The summed E-state index contributed by atoms with van der Waals surface area (Å²) in [5.41, 5.74) is 7.23. The molecular formula is C12H16N4O. The van der Waals surface area contributed by atoms with Crippen molar-refractivity contribution in [3.8, 4) is 6.07 Å². The topological polar surface area (TPSA) is 82.2 Å². The van der Waals surface area contributed by atoms with Crippen molar-refractivity contribution < 1.29 is 4.79 Å². The number of nitrogens with one attached hydrogen (secondary N) is 1. The molecule has 1 aromatic carbocycles. The number of nitrogens with zero attached hydrogens (tertiary/aromatic N) is 2. The minimum absolute atomic E-state index is 0.0398. The first kappa shape index (κ1) is 12.8. The van der Waals surface area contributed by atoms with Gasteiger partial charge in [0.1, 0.15) is 6.54 Å². The van der Waals surface area contributed by atoms with Gasteiger partial charge in [0.05, 0.1) is 12.6 Å². The molecule has 5 heteroatoms. The summed E-state index contributed by atoms with van der Waals surface area (Å²) >= 11 is 0. The molecule has 90 valence electrons. The maximum absolute atomic E-state index is 11.5. The lowest BCUT2D eigenvalue weighted by molar-refractivity contribution is -0.119. The van der Waals surface area contributed by atoms with Gasteiger partial charge in [0, 0.05) is 17.9 Å². The first-order chi connectivity index (χ1) is 8.17. The second kappa shape index (κ2) is 6.38. The Morgan fingerprint density at radius 2 is 2.12 bits per heavy atom. The molecule has 0 radical (unpaired) electrons. The molecule has 0 aliphatic rings. The van der Waals surface area contributed by atoms with E-state index in [0.717, 1.165) is 5.69 Å². The van der Waals surface area contributed by atoms with Crippen LogP contribution in [0.3, 0.4) is 0 Å². The molecule has 3 N–H and O–H groups in total. The molecule has 0 heterocycles. The average Bonchev–Trinajstić information content (AvgIpc) is 2.34. The van der Waals surface area contributed by atoms with Crippen molar-refractivity contribution in [2.75, 3.05) is 30.3 Å². The number of nitriles is 1. The minimum atomic E-state index is -0.162. The molecule has 0 spiro atoms. The van der Waals surface area contributed by atoms with Crippen LogP contribution in [0.1, 0.15) is 6.92 Å². The van der Waals surface area contributed by atoms with Crippen LogP contribution in [0.2, 0.25) is 0 Å². The monoisotopic (exact) mass is 232 g/mol. The number of benzene rings is 1. The summed E-state index contributed by atoms with van der Waals surface area (Å²) in [6.07, 6.45) is 0. The van der Waals surface area contributed by atoms with Gasteiger partial charge in [-0.1, -0.05) is 0 Å². The summed E-state index contributed by atoms with van der Waals surface area (Å²) < 4.78 is 0. The van der Waals surface area contributed by atoms with E-state index in [2.05, 4.69) is 5.32 Å². The summed E-state index contributed by atoms with van der Waals surface area (Å²) in [5.74, 6) is -0.162. The van der Waals surface area contributed by atoms with Gasteiger partial charge in [0.2, 0.25) is 5.91 Å². The highest BCUT2D eigenvalue weighted by Gasteiger charge is 2.09. The molecule has 1 aromatic rings. The fourth-order valence-corrected chi connectivity index (χ4v) is 1.44. The number of likely N-dealkylation sites (N-methyl/N-ethyl adjacent to an activating group) is 1. The van der Waals surface area contributed by atoms with Crippen LogP contribution in [-0.2, 0) is 4.79 Å².